The van der Waals surface area contributed by atoms with Gasteiger partial charge in [-0.25, -0.2) is 4.79 Å². The predicted octanol–water partition coefficient (Wildman–Crippen LogP) is 1.02. The molecule has 22 heavy (non-hydrogen) atoms. The average Bonchev–Trinajstić information content (AvgIpc) is 2.42. The summed E-state index contributed by atoms with van der Waals surface area (Å²) in [5.41, 5.74) is 0.446. The van der Waals surface area contributed by atoms with Crippen molar-refractivity contribution in [2.75, 3.05) is 12.7 Å². The maximum Gasteiger partial charge on any atom is 0.336 e. The Hall–Kier alpha value is -1.95. The van der Waals surface area contributed by atoms with Crippen LogP contribution in [0.4, 0.5) is 0 Å². The molecule has 0 spiro atoms. The molecule has 2 aromatic rings. The van der Waals surface area contributed by atoms with Crippen molar-refractivity contribution in [3.05, 3.63) is 46.3 Å². The molecule has 0 aliphatic carbocycles. The van der Waals surface area contributed by atoms with Crippen LogP contribution in [0.15, 0.2) is 39.5 Å². The third-order valence-corrected chi connectivity index (χ3v) is 3.93. The van der Waals surface area contributed by atoms with E-state index in [4.69, 9.17) is 14.2 Å². The van der Waals surface area contributed by atoms with Gasteiger partial charge in [-0.1, -0.05) is 18.2 Å². The molecule has 7 nitrogen and oxygen atoms in total. The Morgan fingerprint density at radius 1 is 1.27 bits per heavy atom. The number of para-hydroxylation sites is 1. The zero-order valence-corrected chi connectivity index (χ0v) is 12.6. The van der Waals surface area contributed by atoms with Crippen molar-refractivity contribution in [3.8, 4) is 0 Å². The molecule has 1 aromatic heterocycles. The van der Waals surface area contributed by atoms with Crippen LogP contribution in [0.5, 0.6) is 0 Å². The fourth-order valence-corrected chi connectivity index (χ4v) is 2.64. The summed E-state index contributed by atoms with van der Waals surface area (Å²) in [7, 11) is -4.04. The van der Waals surface area contributed by atoms with Gasteiger partial charge in [0.2, 0.25) is 5.91 Å². The number of hydrogen-bond donors (Lipinski definition) is 3. The normalized spacial score (nSPS) is 11.5. The Labute approximate surface area is 126 Å². The highest BCUT2D eigenvalue weighted by Crippen LogP contribution is 2.34. The summed E-state index contributed by atoms with van der Waals surface area (Å²) in [5.74, 6) is -0.318. The summed E-state index contributed by atoms with van der Waals surface area (Å²) in [4.78, 5) is 40.8. The van der Waals surface area contributed by atoms with Gasteiger partial charge in [0.25, 0.3) is 0 Å². The number of benzene rings is 1. The highest BCUT2D eigenvalue weighted by Gasteiger charge is 2.13. The van der Waals surface area contributed by atoms with Gasteiger partial charge in [-0.15, -0.1) is 0 Å². The fourth-order valence-electron chi connectivity index (χ4n) is 2.07. The van der Waals surface area contributed by atoms with Gasteiger partial charge in [0.1, 0.15) is 5.58 Å². The predicted molar refractivity (Wildman–Crippen MR) is 80.7 cm³/mol. The van der Waals surface area contributed by atoms with E-state index in [0.717, 1.165) is 0 Å². The minimum atomic E-state index is -4.04. The molecule has 0 atom stereocenters. The summed E-state index contributed by atoms with van der Waals surface area (Å²) in [5, 5.41) is 3.26. The molecular weight excluding hydrogens is 309 g/mol. The largest absolute Gasteiger partial charge is 0.423 e. The molecule has 1 heterocycles. The first-order valence-corrected chi connectivity index (χ1v) is 8.48. The van der Waals surface area contributed by atoms with E-state index in [2.05, 4.69) is 5.32 Å². The van der Waals surface area contributed by atoms with Crippen LogP contribution >= 0.6 is 7.60 Å². The second-order valence-corrected chi connectivity index (χ2v) is 6.63. The molecule has 0 bridgehead atoms. The molecule has 0 aliphatic rings. The fraction of sp³-hybridized carbons (Fsp3) is 0.286. The monoisotopic (exact) mass is 325 g/mol. The van der Waals surface area contributed by atoms with Crippen LogP contribution < -0.4 is 10.9 Å². The zero-order valence-electron chi connectivity index (χ0n) is 11.7. The second-order valence-electron chi connectivity index (χ2n) is 4.86. The number of amides is 1. The van der Waals surface area contributed by atoms with Gasteiger partial charge in [0, 0.05) is 18.0 Å². The van der Waals surface area contributed by atoms with Crippen molar-refractivity contribution in [3.63, 3.8) is 0 Å². The van der Waals surface area contributed by atoms with Crippen molar-refractivity contribution in [2.45, 2.75) is 12.8 Å². The lowest BCUT2D eigenvalue weighted by molar-refractivity contribution is -0.120. The number of carbonyl (C=O) groups excluding carboxylic acids is 1. The van der Waals surface area contributed by atoms with Crippen LogP contribution in [0.1, 0.15) is 12.0 Å². The van der Waals surface area contributed by atoms with Crippen molar-refractivity contribution in [1.29, 1.82) is 0 Å². The summed E-state index contributed by atoms with van der Waals surface area (Å²) < 4.78 is 15.7. The third kappa shape index (κ3) is 4.80. The lowest BCUT2D eigenvalue weighted by atomic mass is 10.1. The van der Waals surface area contributed by atoms with Crippen LogP contribution in [0, 0.1) is 0 Å². The topological polar surface area (TPSA) is 117 Å². The molecule has 3 N–H and O–H groups in total. The molecule has 2 rings (SSSR count). The zero-order chi connectivity index (χ0) is 16.2. The summed E-state index contributed by atoms with van der Waals surface area (Å²) in [6.45, 7) is 0.170. The van der Waals surface area contributed by atoms with Gasteiger partial charge in [0.05, 0.1) is 12.6 Å². The highest BCUT2D eigenvalue weighted by molar-refractivity contribution is 7.51. The van der Waals surface area contributed by atoms with E-state index in [1.54, 1.807) is 24.3 Å². The quantitative estimate of drug-likeness (QED) is 0.415. The van der Waals surface area contributed by atoms with Gasteiger partial charge >= 0.3 is 13.2 Å². The number of nitrogens with one attached hydrogen (secondary N) is 1. The number of fused-ring (bicyclic) bond motifs is 1. The molecule has 0 radical (unpaired) electrons. The maximum absolute atomic E-state index is 11.9. The van der Waals surface area contributed by atoms with E-state index in [9.17, 15) is 14.2 Å². The molecule has 8 heteroatoms. The van der Waals surface area contributed by atoms with E-state index in [-0.39, 0.29) is 31.5 Å². The maximum atomic E-state index is 11.9. The first kappa shape index (κ1) is 16.4. The average molecular weight is 325 g/mol. The van der Waals surface area contributed by atoms with Crippen LogP contribution in [-0.2, 0) is 15.8 Å². The van der Waals surface area contributed by atoms with E-state index in [1.807, 2.05) is 0 Å². The summed E-state index contributed by atoms with van der Waals surface area (Å²) in [6.07, 6.45) is -0.0825. The van der Waals surface area contributed by atoms with Crippen LogP contribution in [-0.4, -0.2) is 28.4 Å². The van der Waals surface area contributed by atoms with E-state index < -0.39 is 13.2 Å². The SMILES string of the molecule is O=C(Cc1cc(=O)oc2ccccc12)NCCCP(=O)(O)O. The first-order valence-electron chi connectivity index (χ1n) is 6.68. The van der Waals surface area contributed by atoms with E-state index in [1.165, 1.54) is 6.07 Å². The Morgan fingerprint density at radius 2 is 2.00 bits per heavy atom. The van der Waals surface area contributed by atoms with E-state index >= 15 is 0 Å². The molecule has 0 saturated carbocycles. The van der Waals surface area contributed by atoms with Crippen LogP contribution in [0.2, 0.25) is 0 Å². The van der Waals surface area contributed by atoms with Crippen LogP contribution in [0.25, 0.3) is 11.0 Å². The van der Waals surface area contributed by atoms with Crippen molar-refractivity contribution in [2.24, 2.45) is 0 Å². The molecular formula is C14H16NO6P. The van der Waals surface area contributed by atoms with E-state index in [0.29, 0.717) is 16.5 Å². The molecule has 0 unspecified atom stereocenters. The van der Waals surface area contributed by atoms with Gasteiger partial charge in [-0.3, -0.25) is 9.36 Å². The first-order chi connectivity index (χ1) is 10.3. The van der Waals surface area contributed by atoms with Crippen molar-refractivity contribution >= 4 is 24.5 Å². The smallest absolute Gasteiger partial charge is 0.336 e. The molecule has 118 valence electrons. The van der Waals surface area contributed by atoms with Gasteiger partial charge in [-0.2, -0.15) is 0 Å². The molecule has 0 fully saturated rings. The van der Waals surface area contributed by atoms with Crippen molar-refractivity contribution < 1.29 is 23.6 Å². The number of hydrogen-bond acceptors (Lipinski definition) is 4. The molecule has 0 aliphatic heterocycles. The standard InChI is InChI=1S/C14H16NO6P/c16-13(15-6-3-7-22(18,19)20)8-10-9-14(17)21-12-5-2-1-4-11(10)12/h1-2,4-5,9H,3,6-8H2,(H,15,16)(H2,18,19,20). The van der Waals surface area contributed by atoms with Crippen LogP contribution in [0.3, 0.4) is 0 Å². The molecule has 1 aromatic carbocycles. The van der Waals surface area contributed by atoms with Gasteiger partial charge < -0.3 is 19.5 Å². The Morgan fingerprint density at radius 3 is 2.73 bits per heavy atom. The van der Waals surface area contributed by atoms with Gasteiger partial charge in [-0.05, 0) is 18.1 Å². The summed E-state index contributed by atoms with van der Waals surface area (Å²) >= 11 is 0. The Balaban J connectivity index is 2.00. The number of rotatable bonds is 6. The molecule has 0 saturated heterocycles. The molecule has 1 amide bonds. The lowest BCUT2D eigenvalue weighted by Crippen LogP contribution is -2.27. The minimum absolute atomic E-state index is 0.00201. The Bertz CT molecular complexity index is 778. The lowest BCUT2D eigenvalue weighted by Gasteiger charge is -2.07. The number of carbonyl (C=O) groups is 1. The third-order valence-electron chi connectivity index (χ3n) is 3.03. The minimum Gasteiger partial charge on any atom is -0.423 e. The summed E-state index contributed by atoms with van der Waals surface area (Å²) in [6, 6.07) is 8.20. The Kier molecular flexibility index (Phi) is 5.13. The second kappa shape index (κ2) is 6.87. The highest BCUT2D eigenvalue weighted by atomic mass is 31.2. The van der Waals surface area contributed by atoms with Gasteiger partial charge in [0.15, 0.2) is 0 Å². The van der Waals surface area contributed by atoms with Crippen molar-refractivity contribution in [1.82, 2.24) is 5.32 Å².